The van der Waals surface area contributed by atoms with Gasteiger partial charge in [-0.25, -0.2) is 9.67 Å². The Morgan fingerprint density at radius 3 is 1.80 bits per heavy atom. The molecule has 2 aromatic heterocycles. The summed E-state index contributed by atoms with van der Waals surface area (Å²) in [5.41, 5.74) is 3.96. The Kier molecular flexibility index (Phi) is 6.48. The van der Waals surface area contributed by atoms with E-state index in [0.29, 0.717) is 11.6 Å². The van der Waals surface area contributed by atoms with E-state index in [1.165, 1.54) is 0 Å². The highest BCUT2D eigenvalue weighted by Crippen LogP contribution is 2.19. The average Bonchev–Trinajstić information content (AvgIpc) is 3.43. The summed E-state index contributed by atoms with van der Waals surface area (Å²) in [6.07, 6.45) is 3.63. The van der Waals surface area contributed by atoms with Crippen LogP contribution in [0.3, 0.4) is 0 Å². The third-order valence-corrected chi connectivity index (χ3v) is 5.71. The molecule has 0 bridgehead atoms. The predicted molar refractivity (Wildman–Crippen MR) is 138 cm³/mol. The van der Waals surface area contributed by atoms with Crippen molar-refractivity contribution in [2.45, 2.75) is 0 Å². The second-order valence-corrected chi connectivity index (χ2v) is 7.91. The van der Waals surface area contributed by atoms with Gasteiger partial charge < -0.3 is 14.1 Å². The van der Waals surface area contributed by atoms with Gasteiger partial charge in [0.25, 0.3) is 0 Å². The molecule has 2 heterocycles. The van der Waals surface area contributed by atoms with E-state index in [-0.39, 0.29) is 6.92 Å². The van der Waals surface area contributed by atoms with Crippen molar-refractivity contribution in [1.29, 1.82) is 0 Å². The van der Waals surface area contributed by atoms with Crippen molar-refractivity contribution in [2.24, 2.45) is 0 Å². The Hall–Kier alpha value is -4.52. The number of hydrogen-bond acceptors (Lipinski definition) is 5. The van der Waals surface area contributed by atoms with Crippen LogP contribution in [0, 0.1) is 0 Å². The molecular weight excluding hydrogens is 437 g/mol. The van der Waals surface area contributed by atoms with Crippen molar-refractivity contribution in [1.82, 2.24) is 14.8 Å². The molecule has 0 saturated carbocycles. The van der Waals surface area contributed by atoms with Crippen molar-refractivity contribution in [3.63, 3.8) is 0 Å². The number of rotatable bonds is 8. The molecule has 5 rings (SSSR count). The highest BCUT2D eigenvalue weighted by Gasteiger charge is 2.24. The fourth-order valence-electron chi connectivity index (χ4n) is 3.81. The first-order valence-electron chi connectivity index (χ1n) is 11.3. The molecule has 172 valence electrons. The van der Waals surface area contributed by atoms with Gasteiger partial charge in [0.15, 0.2) is 5.82 Å². The molecule has 0 aliphatic rings. The molecule has 6 nitrogen and oxygen atoms in total. The van der Waals surface area contributed by atoms with Crippen LogP contribution in [0.2, 0.25) is 0 Å². The molecule has 0 amide bonds. The van der Waals surface area contributed by atoms with Gasteiger partial charge in [-0.2, -0.15) is 5.10 Å². The Morgan fingerprint density at radius 2 is 1.26 bits per heavy atom. The van der Waals surface area contributed by atoms with E-state index in [1.54, 1.807) is 25.1 Å². The SMILES string of the molecule is COc1ccc(B(Oc2ccc(-n3ccc(-c4ccccc4)n3)nc2)c2ccc(OC)cc2)cc1. The highest BCUT2D eigenvalue weighted by molar-refractivity contribution is 6.80. The van der Waals surface area contributed by atoms with Gasteiger partial charge in [0.05, 0.1) is 26.1 Å². The minimum absolute atomic E-state index is 0.325. The number of hydrogen-bond donors (Lipinski definition) is 0. The number of nitrogens with zero attached hydrogens (tertiary/aromatic N) is 3. The van der Waals surface area contributed by atoms with E-state index in [4.69, 9.17) is 14.1 Å². The van der Waals surface area contributed by atoms with E-state index < -0.39 is 0 Å². The summed E-state index contributed by atoms with van der Waals surface area (Å²) in [5.74, 6) is 2.95. The van der Waals surface area contributed by atoms with Crippen LogP contribution in [-0.2, 0) is 0 Å². The first kappa shape index (κ1) is 22.3. The van der Waals surface area contributed by atoms with Crippen LogP contribution in [0.25, 0.3) is 17.1 Å². The summed E-state index contributed by atoms with van der Waals surface area (Å²) in [4.78, 5) is 4.59. The van der Waals surface area contributed by atoms with E-state index >= 15 is 0 Å². The van der Waals surface area contributed by atoms with E-state index in [9.17, 15) is 0 Å². The maximum atomic E-state index is 6.43. The molecule has 35 heavy (non-hydrogen) atoms. The largest absolute Gasteiger partial charge is 0.550 e. The number of pyridine rings is 1. The summed E-state index contributed by atoms with van der Waals surface area (Å²) < 4.78 is 18.8. The lowest BCUT2D eigenvalue weighted by Crippen LogP contribution is -2.47. The van der Waals surface area contributed by atoms with Crippen LogP contribution >= 0.6 is 0 Å². The van der Waals surface area contributed by atoms with E-state index in [0.717, 1.165) is 33.7 Å². The second kappa shape index (κ2) is 10.2. The molecule has 3 aromatic carbocycles. The van der Waals surface area contributed by atoms with Gasteiger partial charge in [0, 0.05) is 11.8 Å². The van der Waals surface area contributed by atoms with Crippen molar-refractivity contribution < 1.29 is 14.1 Å². The molecule has 0 aliphatic carbocycles. The quantitative estimate of drug-likeness (QED) is 0.325. The molecule has 7 heteroatoms. The lowest BCUT2D eigenvalue weighted by atomic mass is 9.55. The van der Waals surface area contributed by atoms with Crippen molar-refractivity contribution >= 4 is 17.8 Å². The number of methoxy groups -OCH3 is 2. The molecule has 0 radical (unpaired) electrons. The van der Waals surface area contributed by atoms with Crippen LogP contribution in [-0.4, -0.2) is 35.9 Å². The molecule has 0 saturated heterocycles. The minimum Gasteiger partial charge on any atom is -0.550 e. The minimum atomic E-state index is -0.325. The van der Waals surface area contributed by atoms with Gasteiger partial charge in [0.2, 0.25) is 0 Å². The maximum absolute atomic E-state index is 6.43. The van der Waals surface area contributed by atoms with Gasteiger partial charge >= 0.3 is 6.92 Å². The maximum Gasteiger partial charge on any atom is 0.426 e. The van der Waals surface area contributed by atoms with E-state index in [2.05, 4.69) is 10.1 Å². The average molecular weight is 461 g/mol. The fraction of sp³-hybridized carbons (Fsp3) is 0.0714. The van der Waals surface area contributed by atoms with Crippen LogP contribution in [0.5, 0.6) is 17.2 Å². The summed E-state index contributed by atoms with van der Waals surface area (Å²) in [5, 5.41) is 4.66. The monoisotopic (exact) mass is 461 g/mol. The third-order valence-electron chi connectivity index (χ3n) is 5.71. The smallest absolute Gasteiger partial charge is 0.426 e. The fourth-order valence-corrected chi connectivity index (χ4v) is 3.81. The molecule has 0 atom stereocenters. The first-order valence-corrected chi connectivity index (χ1v) is 11.3. The summed E-state index contributed by atoms with van der Waals surface area (Å²) in [6, 6.07) is 31.6. The molecule has 5 aromatic rings. The number of benzene rings is 3. The number of ether oxygens (including phenoxy) is 2. The van der Waals surface area contributed by atoms with Crippen molar-refractivity contribution in [3.8, 4) is 34.3 Å². The van der Waals surface area contributed by atoms with Crippen LogP contribution in [0.4, 0.5) is 0 Å². The zero-order valence-electron chi connectivity index (χ0n) is 19.5. The molecule has 0 N–H and O–H groups in total. The Balaban J connectivity index is 1.39. The molecule has 0 spiro atoms. The topological polar surface area (TPSA) is 58.4 Å². The lowest BCUT2D eigenvalue weighted by Gasteiger charge is -2.17. The lowest BCUT2D eigenvalue weighted by molar-refractivity contribution is 0.415. The summed E-state index contributed by atoms with van der Waals surface area (Å²) in [7, 11) is 3.31. The summed E-state index contributed by atoms with van der Waals surface area (Å²) >= 11 is 0. The Labute approximate surface area is 204 Å². The molecule has 0 unspecified atom stereocenters. The third kappa shape index (κ3) is 5.04. The number of aromatic nitrogens is 3. The normalized spacial score (nSPS) is 10.6. The van der Waals surface area contributed by atoms with Crippen molar-refractivity contribution in [3.05, 3.63) is 109 Å². The van der Waals surface area contributed by atoms with Gasteiger partial charge in [-0.15, -0.1) is 0 Å². The predicted octanol–water partition coefficient (Wildman–Crippen LogP) is 4.14. The standard InChI is InChI=1S/C28H24BN3O3/c1-33-24-12-8-22(9-13-24)29(23-10-14-25(34-2)15-11-23)35-26-16-17-28(30-20-26)32-19-18-27(31-32)21-6-4-3-5-7-21/h3-20H,1-2H3. The van der Waals surface area contributed by atoms with Crippen molar-refractivity contribution in [2.75, 3.05) is 14.2 Å². The Morgan fingerprint density at radius 1 is 0.657 bits per heavy atom. The molecular formula is C28H24BN3O3. The highest BCUT2D eigenvalue weighted by atomic mass is 16.5. The van der Waals surface area contributed by atoms with Crippen LogP contribution in [0.1, 0.15) is 0 Å². The van der Waals surface area contributed by atoms with Gasteiger partial charge in [0.1, 0.15) is 17.2 Å². The van der Waals surface area contributed by atoms with Gasteiger partial charge in [-0.05, 0) is 53.4 Å². The summed E-state index contributed by atoms with van der Waals surface area (Å²) in [6.45, 7) is -0.325. The molecule has 0 fully saturated rings. The zero-order valence-corrected chi connectivity index (χ0v) is 19.5. The van der Waals surface area contributed by atoms with Crippen LogP contribution < -0.4 is 25.1 Å². The molecule has 0 aliphatic heterocycles. The zero-order chi connectivity index (χ0) is 24.0. The van der Waals surface area contributed by atoms with E-state index in [1.807, 2.05) is 103 Å². The Bertz CT molecular complexity index is 1320. The first-order chi connectivity index (χ1) is 17.2. The van der Waals surface area contributed by atoms with Crippen LogP contribution in [0.15, 0.2) is 109 Å². The van der Waals surface area contributed by atoms with Gasteiger partial charge in [-0.3, -0.25) is 0 Å². The second-order valence-electron chi connectivity index (χ2n) is 7.91. The van der Waals surface area contributed by atoms with Gasteiger partial charge in [-0.1, -0.05) is 54.6 Å².